The summed E-state index contributed by atoms with van der Waals surface area (Å²) < 4.78 is 21.0. The van der Waals surface area contributed by atoms with Crippen molar-refractivity contribution in [2.75, 3.05) is 12.4 Å². The molecule has 0 aliphatic carbocycles. The van der Waals surface area contributed by atoms with Crippen LogP contribution in [0.3, 0.4) is 0 Å². The van der Waals surface area contributed by atoms with Gasteiger partial charge in [0.05, 0.1) is 12.4 Å². The number of rotatable bonds is 8. The molecule has 2 N–H and O–H groups in total. The molecular weight excluding hydrogens is 444 g/mol. The van der Waals surface area contributed by atoms with E-state index in [0.29, 0.717) is 11.4 Å². The summed E-state index contributed by atoms with van der Waals surface area (Å²) in [7, 11) is 1.91. The highest BCUT2D eigenvalue weighted by molar-refractivity contribution is 7.90. The molecule has 1 atom stereocenters. The smallest absolute Gasteiger partial charge is 0.198 e. The fraction of sp³-hybridized carbons (Fsp3) is 0.0741. The summed E-state index contributed by atoms with van der Waals surface area (Å²) in [6, 6.07) is 27.3. The molecule has 2 aromatic heterocycles. The van der Waals surface area contributed by atoms with Crippen molar-refractivity contribution in [2.24, 2.45) is 0 Å². The molecule has 170 valence electrons. The van der Waals surface area contributed by atoms with Crippen molar-refractivity contribution in [1.82, 2.24) is 14.3 Å². The van der Waals surface area contributed by atoms with Crippen LogP contribution in [0.2, 0.25) is 0 Å². The standard InChI is InChI=1S/C27H24N4O2S/c1-28-17-20-19-31(34(32)25-8-5-15-29-18-25)27-16-22(11-14-26(20)27)30-21-9-12-24(13-10-21)33-23-6-3-2-4-7-23/h2-16,18-19,28,30H,17H2,1H3. The second kappa shape index (κ2) is 10.0. The van der Waals surface area contributed by atoms with Crippen molar-refractivity contribution in [1.29, 1.82) is 0 Å². The normalized spacial score (nSPS) is 11.9. The number of nitrogens with zero attached hydrogens (tertiary/aromatic N) is 2. The zero-order valence-electron chi connectivity index (χ0n) is 18.6. The van der Waals surface area contributed by atoms with E-state index in [2.05, 4.69) is 21.7 Å². The van der Waals surface area contributed by atoms with Crippen LogP contribution in [0.15, 0.2) is 108 Å². The number of para-hydroxylation sites is 1. The zero-order chi connectivity index (χ0) is 23.3. The number of hydrogen-bond acceptors (Lipinski definition) is 5. The third kappa shape index (κ3) is 4.77. The van der Waals surface area contributed by atoms with Gasteiger partial charge in [0.25, 0.3) is 0 Å². The third-order valence-electron chi connectivity index (χ3n) is 5.36. The van der Waals surface area contributed by atoms with Crippen LogP contribution in [0.25, 0.3) is 10.9 Å². The summed E-state index contributed by atoms with van der Waals surface area (Å²) in [6.07, 6.45) is 5.27. The quantitative estimate of drug-likeness (QED) is 0.279. The highest BCUT2D eigenvalue weighted by atomic mass is 32.2. The Bertz CT molecular complexity index is 1370. The molecule has 0 aliphatic heterocycles. The lowest BCUT2D eigenvalue weighted by Gasteiger charge is -2.12. The number of fused-ring (bicyclic) bond motifs is 1. The van der Waals surface area contributed by atoms with Crippen LogP contribution >= 0.6 is 0 Å². The highest BCUT2D eigenvalue weighted by Gasteiger charge is 2.20. The largest absolute Gasteiger partial charge is 0.587 e. The van der Waals surface area contributed by atoms with E-state index in [9.17, 15) is 4.55 Å². The summed E-state index contributed by atoms with van der Waals surface area (Å²) >= 11 is -1.40. The molecule has 0 aliphatic rings. The van der Waals surface area contributed by atoms with E-state index in [1.807, 2.05) is 86.0 Å². The highest BCUT2D eigenvalue weighted by Crippen LogP contribution is 2.30. The Morgan fingerprint density at radius 3 is 2.41 bits per heavy atom. The van der Waals surface area contributed by atoms with Crippen LogP contribution in [0.4, 0.5) is 11.4 Å². The molecule has 0 bridgehead atoms. The summed E-state index contributed by atoms with van der Waals surface area (Å²) in [4.78, 5) is 4.78. The van der Waals surface area contributed by atoms with Gasteiger partial charge in [-0.25, -0.2) is 0 Å². The SMILES string of the molecule is CNCc1cn([S+]([O-])c2cccnc2)c2cc(Nc3ccc(Oc4ccccc4)cc3)ccc12. The fourth-order valence-corrected chi connectivity index (χ4v) is 4.90. The molecule has 0 saturated carbocycles. The van der Waals surface area contributed by atoms with Crippen molar-refractivity contribution >= 4 is 33.6 Å². The number of nitrogens with one attached hydrogen (secondary N) is 2. The molecule has 5 rings (SSSR count). The lowest BCUT2D eigenvalue weighted by atomic mass is 10.1. The number of hydrogen-bond donors (Lipinski definition) is 2. The summed E-state index contributed by atoms with van der Waals surface area (Å²) in [5.41, 5.74) is 3.81. The van der Waals surface area contributed by atoms with E-state index in [0.717, 1.165) is 39.3 Å². The van der Waals surface area contributed by atoms with E-state index < -0.39 is 11.4 Å². The molecule has 34 heavy (non-hydrogen) atoms. The second-order valence-electron chi connectivity index (χ2n) is 7.74. The van der Waals surface area contributed by atoms with Crippen LogP contribution in [-0.2, 0) is 17.9 Å². The number of ether oxygens (including phenoxy) is 1. The number of aromatic nitrogens is 2. The summed E-state index contributed by atoms with van der Waals surface area (Å²) in [5.74, 6) is 1.57. The first-order chi connectivity index (χ1) is 16.7. The van der Waals surface area contributed by atoms with Gasteiger partial charge in [-0.15, -0.1) is 0 Å². The van der Waals surface area contributed by atoms with Crippen molar-refractivity contribution < 1.29 is 9.29 Å². The first-order valence-electron chi connectivity index (χ1n) is 10.9. The van der Waals surface area contributed by atoms with E-state index in [-0.39, 0.29) is 0 Å². The van der Waals surface area contributed by atoms with E-state index in [4.69, 9.17) is 4.74 Å². The third-order valence-corrected chi connectivity index (χ3v) is 6.66. The van der Waals surface area contributed by atoms with Gasteiger partial charge >= 0.3 is 0 Å². The molecule has 2 heterocycles. The Morgan fingerprint density at radius 1 is 0.912 bits per heavy atom. The summed E-state index contributed by atoms with van der Waals surface area (Å²) in [5, 5.41) is 7.69. The minimum absolute atomic E-state index is 0.655. The van der Waals surface area contributed by atoms with E-state index in [1.165, 1.54) is 0 Å². The lowest BCUT2D eigenvalue weighted by Crippen LogP contribution is -2.12. The maximum Gasteiger partial charge on any atom is 0.198 e. The van der Waals surface area contributed by atoms with Crippen LogP contribution in [0.1, 0.15) is 5.56 Å². The van der Waals surface area contributed by atoms with Crippen molar-refractivity contribution in [2.45, 2.75) is 11.4 Å². The van der Waals surface area contributed by atoms with Crippen molar-refractivity contribution in [3.8, 4) is 11.5 Å². The topological polar surface area (TPSA) is 74.2 Å². The van der Waals surface area contributed by atoms with Gasteiger partial charge in [0, 0.05) is 29.5 Å². The Kier molecular flexibility index (Phi) is 6.49. The Labute approximate surface area is 201 Å². The average Bonchev–Trinajstić information content (AvgIpc) is 3.24. The molecule has 0 saturated heterocycles. The fourth-order valence-electron chi connectivity index (χ4n) is 3.77. The lowest BCUT2D eigenvalue weighted by molar-refractivity contribution is 0.483. The number of anilines is 2. The van der Waals surface area contributed by atoms with Gasteiger partial charge in [-0.1, -0.05) is 24.3 Å². The maximum atomic E-state index is 13.3. The van der Waals surface area contributed by atoms with E-state index >= 15 is 0 Å². The van der Waals surface area contributed by atoms with Crippen molar-refractivity contribution in [3.05, 3.63) is 109 Å². The molecule has 0 spiro atoms. The number of pyridine rings is 1. The molecule has 5 aromatic rings. The monoisotopic (exact) mass is 468 g/mol. The van der Waals surface area contributed by atoms with Gasteiger partial charge < -0.3 is 19.9 Å². The first kappa shape index (κ1) is 22.0. The Morgan fingerprint density at radius 2 is 1.68 bits per heavy atom. The van der Waals surface area contributed by atoms with Gasteiger partial charge in [-0.05, 0) is 73.3 Å². The molecule has 0 radical (unpaired) electrons. The van der Waals surface area contributed by atoms with Gasteiger partial charge in [-0.2, -0.15) is 3.97 Å². The molecule has 1 unspecified atom stereocenters. The van der Waals surface area contributed by atoms with Crippen LogP contribution in [0.5, 0.6) is 11.5 Å². The van der Waals surface area contributed by atoms with Gasteiger partial charge in [0.15, 0.2) is 4.90 Å². The zero-order valence-corrected chi connectivity index (χ0v) is 19.5. The minimum Gasteiger partial charge on any atom is -0.587 e. The van der Waals surface area contributed by atoms with Gasteiger partial charge in [0.1, 0.15) is 28.4 Å². The number of benzene rings is 3. The van der Waals surface area contributed by atoms with E-state index in [1.54, 1.807) is 22.4 Å². The summed E-state index contributed by atoms with van der Waals surface area (Å²) in [6.45, 7) is 0.684. The van der Waals surface area contributed by atoms with Crippen LogP contribution in [-0.4, -0.2) is 20.6 Å². The van der Waals surface area contributed by atoms with Crippen LogP contribution in [0, 0.1) is 0 Å². The Hall–Kier alpha value is -3.78. The minimum atomic E-state index is -1.40. The predicted octanol–water partition coefficient (Wildman–Crippen LogP) is 5.86. The maximum absolute atomic E-state index is 13.3. The van der Waals surface area contributed by atoms with Gasteiger partial charge in [0.2, 0.25) is 0 Å². The molecule has 7 heteroatoms. The predicted molar refractivity (Wildman–Crippen MR) is 137 cm³/mol. The Balaban J connectivity index is 1.42. The molecule has 6 nitrogen and oxygen atoms in total. The second-order valence-corrected chi connectivity index (χ2v) is 9.11. The molecule has 0 amide bonds. The van der Waals surface area contributed by atoms with Gasteiger partial charge in [-0.3, -0.25) is 4.98 Å². The molecule has 3 aromatic carbocycles. The first-order valence-corrected chi connectivity index (χ1v) is 12.0. The molecular formula is C27H24N4O2S. The van der Waals surface area contributed by atoms with Crippen molar-refractivity contribution in [3.63, 3.8) is 0 Å². The van der Waals surface area contributed by atoms with Crippen LogP contribution < -0.4 is 15.4 Å². The molecule has 0 fully saturated rings. The average molecular weight is 469 g/mol.